The Morgan fingerprint density at radius 2 is 1.95 bits per heavy atom. The molecule has 0 fully saturated rings. The summed E-state index contributed by atoms with van der Waals surface area (Å²) in [5.41, 5.74) is 2.53. The average Bonchev–Trinajstić information content (AvgIpc) is 2.82. The zero-order valence-electron chi connectivity index (χ0n) is 10.7. The van der Waals surface area contributed by atoms with E-state index in [-0.39, 0.29) is 10.8 Å². The van der Waals surface area contributed by atoms with Crippen molar-refractivity contribution >= 4 is 27.0 Å². The molecule has 1 aromatic carbocycles. The van der Waals surface area contributed by atoms with Crippen LogP contribution in [0.25, 0.3) is 0 Å². The fourth-order valence-corrected chi connectivity index (χ4v) is 4.06. The van der Waals surface area contributed by atoms with Gasteiger partial charge in [0.25, 0.3) is 10.0 Å². The maximum absolute atomic E-state index is 12.2. The lowest BCUT2D eigenvalue weighted by molar-refractivity contribution is 0.285. The number of sulfonamides is 1. The van der Waals surface area contributed by atoms with Crippen LogP contribution in [0.1, 0.15) is 16.0 Å². The zero-order valence-corrected chi connectivity index (χ0v) is 12.3. The SMILES string of the molecule is Cc1ccc(NS(=O)(=O)c2ccc(CO)s2)c(C)c1. The molecule has 0 atom stereocenters. The van der Waals surface area contributed by atoms with Crippen molar-refractivity contribution < 1.29 is 13.5 Å². The quantitative estimate of drug-likeness (QED) is 0.911. The van der Waals surface area contributed by atoms with E-state index < -0.39 is 10.0 Å². The Morgan fingerprint density at radius 3 is 2.53 bits per heavy atom. The Morgan fingerprint density at radius 1 is 1.21 bits per heavy atom. The number of hydrogen-bond acceptors (Lipinski definition) is 4. The minimum absolute atomic E-state index is 0.149. The molecular formula is C13H15NO3S2. The second-order valence-corrected chi connectivity index (χ2v) is 7.38. The smallest absolute Gasteiger partial charge is 0.271 e. The second kappa shape index (κ2) is 5.32. The van der Waals surface area contributed by atoms with Gasteiger partial charge in [0.05, 0.1) is 12.3 Å². The van der Waals surface area contributed by atoms with Gasteiger partial charge in [-0.2, -0.15) is 0 Å². The maximum Gasteiger partial charge on any atom is 0.271 e. The minimum atomic E-state index is -3.58. The zero-order chi connectivity index (χ0) is 14.0. The van der Waals surface area contributed by atoms with E-state index in [1.54, 1.807) is 12.1 Å². The summed E-state index contributed by atoms with van der Waals surface area (Å²) in [6.07, 6.45) is 0. The molecule has 102 valence electrons. The summed E-state index contributed by atoms with van der Waals surface area (Å²) in [4.78, 5) is 0.626. The summed E-state index contributed by atoms with van der Waals surface area (Å²) in [6.45, 7) is 3.67. The van der Waals surface area contributed by atoms with E-state index in [4.69, 9.17) is 5.11 Å². The monoisotopic (exact) mass is 297 g/mol. The first-order valence-electron chi connectivity index (χ1n) is 5.72. The topological polar surface area (TPSA) is 66.4 Å². The average molecular weight is 297 g/mol. The predicted octanol–water partition coefficient (Wildman–Crippen LogP) is 2.66. The molecule has 2 rings (SSSR count). The Balaban J connectivity index is 2.30. The molecule has 19 heavy (non-hydrogen) atoms. The molecule has 0 aliphatic heterocycles. The van der Waals surface area contributed by atoms with Crippen LogP contribution >= 0.6 is 11.3 Å². The van der Waals surface area contributed by atoms with Crippen LogP contribution in [0.5, 0.6) is 0 Å². The van der Waals surface area contributed by atoms with Crippen molar-refractivity contribution in [2.45, 2.75) is 24.7 Å². The molecule has 0 bridgehead atoms. The van der Waals surface area contributed by atoms with Crippen LogP contribution in [0.3, 0.4) is 0 Å². The molecule has 0 aliphatic rings. The van der Waals surface area contributed by atoms with Gasteiger partial charge < -0.3 is 5.11 Å². The number of anilines is 1. The predicted molar refractivity (Wildman–Crippen MR) is 77.0 cm³/mol. The molecular weight excluding hydrogens is 282 g/mol. The fourth-order valence-electron chi connectivity index (χ4n) is 1.71. The van der Waals surface area contributed by atoms with Crippen molar-refractivity contribution in [2.24, 2.45) is 0 Å². The lowest BCUT2D eigenvalue weighted by Gasteiger charge is -2.09. The Bertz CT molecular complexity index is 690. The molecule has 0 saturated carbocycles. The molecule has 1 heterocycles. The van der Waals surface area contributed by atoms with E-state index in [2.05, 4.69) is 4.72 Å². The third-order valence-corrected chi connectivity index (χ3v) is 5.61. The summed E-state index contributed by atoms with van der Waals surface area (Å²) in [5, 5.41) is 8.98. The van der Waals surface area contributed by atoms with Gasteiger partial charge in [0.15, 0.2) is 0 Å². The van der Waals surface area contributed by atoms with Crippen LogP contribution in [0.15, 0.2) is 34.5 Å². The molecule has 0 radical (unpaired) electrons. The molecule has 2 N–H and O–H groups in total. The van der Waals surface area contributed by atoms with Crippen LogP contribution in [-0.2, 0) is 16.6 Å². The first kappa shape index (κ1) is 14.0. The first-order valence-corrected chi connectivity index (χ1v) is 8.02. The van der Waals surface area contributed by atoms with Crippen molar-refractivity contribution in [2.75, 3.05) is 4.72 Å². The fraction of sp³-hybridized carbons (Fsp3) is 0.231. The van der Waals surface area contributed by atoms with E-state index in [1.165, 1.54) is 6.07 Å². The van der Waals surface area contributed by atoms with E-state index in [9.17, 15) is 8.42 Å². The highest BCUT2D eigenvalue weighted by Gasteiger charge is 2.17. The lowest BCUT2D eigenvalue weighted by Crippen LogP contribution is -2.12. The largest absolute Gasteiger partial charge is 0.391 e. The second-order valence-electron chi connectivity index (χ2n) is 4.30. The standard InChI is InChI=1S/C13H15NO3S2/c1-9-3-5-12(10(2)7-9)14-19(16,17)13-6-4-11(8-15)18-13/h3-7,14-15H,8H2,1-2H3. The highest BCUT2D eigenvalue weighted by atomic mass is 32.2. The van der Waals surface area contributed by atoms with Gasteiger partial charge in [-0.1, -0.05) is 17.7 Å². The number of aliphatic hydroxyl groups is 1. The maximum atomic E-state index is 12.2. The van der Waals surface area contributed by atoms with Gasteiger partial charge in [0.1, 0.15) is 4.21 Å². The molecule has 4 nitrogen and oxygen atoms in total. The minimum Gasteiger partial charge on any atom is -0.391 e. The van der Waals surface area contributed by atoms with Gasteiger partial charge in [-0.15, -0.1) is 11.3 Å². The number of thiophene rings is 1. The Labute approximate surface area is 116 Å². The molecule has 0 aliphatic carbocycles. The van der Waals surface area contributed by atoms with Crippen molar-refractivity contribution in [1.82, 2.24) is 0 Å². The molecule has 0 amide bonds. The van der Waals surface area contributed by atoms with Gasteiger partial charge in [-0.25, -0.2) is 8.42 Å². The Kier molecular flexibility index (Phi) is 3.93. The third-order valence-electron chi connectivity index (χ3n) is 2.68. The van der Waals surface area contributed by atoms with Crippen molar-refractivity contribution in [1.29, 1.82) is 0 Å². The number of nitrogens with one attached hydrogen (secondary N) is 1. The van der Waals surface area contributed by atoms with Gasteiger partial charge in [-0.05, 0) is 37.6 Å². The summed E-state index contributed by atoms with van der Waals surface area (Å²) in [7, 11) is -3.58. The van der Waals surface area contributed by atoms with E-state index in [0.717, 1.165) is 22.5 Å². The van der Waals surface area contributed by atoms with Crippen molar-refractivity contribution in [3.8, 4) is 0 Å². The normalized spacial score (nSPS) is 11.5. The Hall–Kier alpha value is -1.37. The number of hydrogen-bond donors (Lipinski definition) is 2. The number of aryl methyl sites for hydroxylation is 2. The number of benzene rings is 1. The molecule has 1 aromatic heterocycles. The van der Waals surface area contributed by atoms with Crippen LogP contribution in [0.2, 0.25) is 0 Å². The molecule has 0 saturated heterocycles. The first-order chi connectivity index (χ1) is 8.92. The van der Waals surface area contributed by atoms with Gasteiger partial charge in [0.2, 0.25) is 0 Å². The highest BCUT2D eigenvalue weighted by molar-refractivity contribution is 7.94. The summed E-state index contributed by atoms with van der Waals surface area (Å²) in [5.74, 6) is 0. The van der Waals surface area contributed by atoms with Crippen molar-refractivity contribution in [3.63, 3.8) is 0 Å². The van der Waals surface area contributed by atoms with Crippen LogP contribution in [0.4, 0.5) is 5.69 Å². The van der Waals surface area contributed by atoms with Crippen LogP contribution in [0, 0.1) is 13.8 Å². The summed E-state index contributed by atoms with van der Waals surface area (Å²) in [6, 6.07) is 8.65. The van der Waals surface area contributed by atoms with Crippen LogP contribution in [-0.4, -0.2) is 13.5 Å². The molecule has 6 heteroatoms. The summed E-state index contributed by atoms with van der Waals surface area (Å²) < 4.78 is 27.1. The molecule has 0 spiro atoms. The highest BCUT2D eigenvalue weighted by Crippen LogP contribution is 2.25. The van der Waals surface area contributed by atoms with E-state index in [0.29, 0.717) is 10.6 Å². The van der Waals surface area contributed by atoms with Gasteiger partial charge in [0, 0.05) is 4.88 Å². The summed E-state index contributed by atoms with van der Waals surface area (Å²) >= 11 is 1.07. The van der Waals surface area contributed by atoms with Gasteiger partial charge >= 0.3 is 0 Å². The number of rotatable bonds is 4. The third kappa shape index (κ3) is 3.15. The van der Waals surface area contributed by atoms with Crippen molar-refractivity contribution in [3.05, 3.63) is 46.3 Å². The van der Waals surface area contributed by atoms with E-state index in [1.807, 2.05) is 26.0 Å². The molecule has 0 unspecified atom stereocenters. The van der Waals surface area contributed by atoms with Crippen LogP contribution < -0.4 is 4.72 Å². The lowest BCUT2D eigenvalue weighted by atomic mass is 10.1. The van der Waals surface area contributed by atoms with E-state index >= 15 is 0 Å². The molecule has 2 aromatic rings. The van der Waals surface area contributed by atoms with Gasteiger partial charge in [-0.3, -0.25) is 4.72 Å². The number of aliphatic hydroxyl groups excluding tert-OH is 1.